The Labute approximate surface area is 141 Å². The summed E-state index contributed by atoms with van der Waals surface area (Å²) >= 11 is 0. The first-order valence-corrected chi connectivity index (χ1v) is 8.48. The van der Waals surface area contributed by atoms with E-state index in [4.69, 9.17) is 5.11 Å². The fraction of sp³-hybridized carbons (Fsp3) is 0.500. The highest BCUT2D eigenvalue weighted by Gasteiger charge is 2.44. The number of rotatable bonds is 4. The summed E-state index contributed by atoms with van der Waals surface area (Å²) in [5.41, 5.74) is 0.582. The highest BCUT2D eigenvalue weighted by atomic mass is 16.4. The van der Waals surface area contributed by atoms with Crippen LogP contribution in [0.2, 0.25) is 0 Å². The molecule has 2 aliphatic rings. The largest absolute Gasteiger partial charge is 0.478 e. The van der Waals surface area contributed by atoms with E-state index in [0.717, 1.165) is 25.8 Å². The van der Waals surface area contributed by atoms with Crippen LogP contribution in [0.1, 0.15) is 49.4 Å². The first kappa shape index (κ1) is 16.6. The molecule has 1 aromatic rings. The zero-order chi connectivity index (χ0) is 17.3. The number of carboxylic acids is 1. The lowest BCUT2D eigenvalue weighted by molar-refractivity contribution is -0.123. The molecule has 0 bridgehead atoms. The molecule has 2 atom stereocenters. The number of hydrogen-bond acceptors (Lipinski definition) is 4. The summed E-state index contributed by atoms with van der Waals surface area (Å²) < 4.78 is 0. The van der Waals surface area contributed by atoms with Gasteiger partial charge in [-0.15, -0.1) is 0 Å². The number of carboxylic acid groups (broad SMARTS) is 1. The smallest absolute Gasteiger partial charge is 0.335 e. The molecule has 1 aromatic carbocycles. The first-order valence-electron chi connectivity index (χ1n) is 8.48. The minimum Gasteiger partial charge on any atom is -0.478 e. The number of hydrogen-bond donors (Lipinski definition) is 1. The van der Waals surface area contributed by atoms with Gasteiger partial charge in [-0.2, -0.15) is 0 Å². The molecule has 2 aliphatic heterocycles. The van der Waals surface area contributed by atoms with Crippen LogP contribution in [-0.4, -0.2) is 46.4 Å². The number of piperidine rings is 1. The van der Waals surface area contributed by atoms with Gasteiger partial charge < -0.3 is 5.11 Å². The molecule has 3 rings (SSSR count). The van der Waals surface area contributed by atoms with E-state index < -0.39 is 5.97 Å². The van der Waals surface area contributed by atoms with Gasteiger partial charge >= 0.3 is 5.97 Å². The Bertz CT molecular complexity index is 655. The van der Waals surface area contributed by atoms with Crippen molar-refractivity contribution in [3.8, 4) is 0 Å². The van der Waals surface area contributed by atoms with Crippen molar-refractivity contribution < 1.29 is 19.5 Å². The Morgan fingerprint density at radius 2 is 1.92 bits per heavy atom. The van der Waals surface area contributed by atoms with E-state index >= 15 is 0 Å². The van der Waals surface area contributed by atoms with Gasteiger partial charge in [-0.3, -0.25) is 14.5 Å². The molecule has 6 nitrogen and oxygen atoms in total. The van der Waals surface area contributed by atoms with Gasteiger partial charge in [0, 0.05) is 6.04 Å². The molecule has 0 spiro atoms. The normalized spacial score (nSPS) is 25.3. The van der Waals surface area contributed by atoms with Crippen molar-refractivity contribution in [2.24, 2.45) is 0 Å². The van der Waals surface area contributed by atoms with Crippen LogP contribution in [-0.2, 0) is 9.59 Å². The van der Waals surface area contributed by atoms with Gasteiger partial charge in [0.25, 0.3) is 5.91 Å². The van der Waals surface area contributed by atoms with E-state index in [0.29, 0.717) is 11.7 Å². The molecule has 1 N–H and O–H groups in total. The van der Waals surface area contributed by atoms with E-state index in [9.17, 15) is 14.4 Å². The van der Waals surface area contributed by atoms with Crippen molar-refractivity contribution in [1.29, 1.82) is 0 Å². The third-order valence-corrected chi connectivity index (χ3v) is 5.04. The van der Waals surface area contributed by atoms with Crippen molar-refractivity contribution >= 4 is 23.5 Å². The van der Waals surface area contributed by atoms with Crippen LogP contribution in [0.5, 0.6) is 0 Å². The predicted octanol–water partition coefficient (Wildman–Crippen LogP) is 2.28. The molecule has 0 saturated carbocycles. The summed E-state index contributed by atoms with van der Waals surface area (Å²) in [4.78, 5) is 39.6. The molecule has 2 amide bonds. The van der Waals surface area contributed by atoms with Gasteiger partial charge in [0.15, 0.2) is 0 Å². The minimum absolute atomic E-state index is 0.136. The monoisotopic (exact) mass is 330 g/mol. The van der Waals surface area contributed by atoms with Crippen molar-refractivity contribution in [2.45, 2.75) is 51.1 Å². The van der Waals surface area contributed by atoms with Crippen LogP contribution in [0.15, 0.2) is 24.3 Å². The highest BCUT2D eigenvalue weighted by molar-refractivity contribution is 6.22. The van der Waals surface area contributed by atoms with Gasteiger partial charge in [-0.1, -0.05) is 13.3 Å². The third-order valence-electron chi connectivity index (χ3n) is 5.04. The van der Waals surface area contributed by atoms with E-state index in [2.05, 4.69) is 11.8 Å². The molecule has 24 heavy (non-hydrogen) atoms. The molecule has 0 aromatic heterocycles. The number of aromatic carboxylic acids is 1. The quantitative estimate of drug-likeness (QED) is 0.857. The lowest BCUT2D eigenvalue weighted by atomic mass is 9.97. The number of benzene rings is 1. The zero-order valence-corrected chi connectivity index (χ0v) is 13.8. The molecule has 2 heterocycles. The second kappa shape index (κ2) is 6.73. The maximum atomic E-state index is 12.8. The second-order valence-corrected chi connectivity index (χ2v) is 6.44. The Hall–Kier alpha value is -2.21. The lowest BCUT2D eigenvalue weighted by Crippen LogP contribution is -2.49. The van der Waals surface area contributed by atoms with Crippen molar-refractivity contribution in [1.82, 2.24) is 4.90 Å². The number of carbonyl (C=O) groups excluding carboxylic acids is 2. The highest BCUT2D eigenvalue weighted by Crippen LogP contribution is 2.30. The minimum atomic E-state index is -1.03. The van der Waals surface area contributed by atoms with Gasteiger partial charge in [0.2, 0.25) is 5.91 Å². The maximum absolute atomic E-state index is 12.8. The topological polar surface area (TPSA) is 77.9 Å². The van der Waals surface area contributed by atoms with Crippen molar-refractivity contribution in [2.75, 3.05) is 11.4 Å². The van der Waals surface area contributed by atoms with Crippen LogP contribution < -0.4 is 4.90 Å². The molecule has 2 saturated heterocycles. The fourth-order valence-corrected chi connectivity index (χ4v) is 3.77. The van der Waals surface area contributed by atoms with Crippen LogP contribution in [0, 0.1) is 0 Å². The number of nitrogens with zero attached hydrogens (tertiary/aromatic N) is 2. The van der Waals surface area contributed by atoms with E-state index in [1.165, 1.54) is 35.6 Å². The number of anilines is 1. The molecule has 0 radical (unpaired) electrons. The van der Waals surface area contributed by atoms with E-state index in [-0.39, 0.29) is 29.8 Å². The number of carbonyl (C=O) groups is 3. The summed E-state index contributed by atoms with van der Waals surface area (Å²) in [6.45, 7) is 2.97. The Morgan fingerprint density at radius 1 is 1.21 bits per heavy atom. The Balaban J connectivity index is 1.82. The molecule has 128 valence electrons. The van der Waals surface area contributed by atoms with Crippen LogP contribution >= 0.6 is 0 Å². The zero-order valence-electron chi connectivity index (χ0n) is 13.8. The third kappa shape index (κ3) is 2.94. The number of imide groups is 1. The lowest BCUT2D eigenvalue weighted by Gasteiger charge is -2.38. The second-order valence-electron chi connectivity index (χ2n) is 6.44. The summed E-state index contributed by atoms with van der Waals surface area (Å²) in [5, 5.41) is 8.96. The van der Waals surface area contributed by atoms with Crippen molar-refractivity contribution in [3.05, 3.63) is 29.8 Å². The number of amides is 2. The Morgan fingerprint density at radius 3 is 2.54 bits per heavy atom. The molecule has 2 unspecified atom stereocenters. The predicted molar refractivity (Wildman–Crippen MR) is 88.9 cm³/mol. The maximum Gasteiger partial charge on any atom is 0.335 e. The average Bonchev–Trinajstić information content (AvgIpc) is 2.89. The molecule has 2 fully saturated rings. The van der Waals surface area contributed by atoms with Crippen LogP contribution in [0.25, 0.3) is 0 Å². The SMILES string of the molecule is CCC1CCCCN1C1CC(=O)N(c2ccc(C(=O)O)cc2)C1=O. The Kier molecular flexibility index (Phi) is 4.66. The summed E-state index contributed by atoms with van der Waals surface area (Å²) in [5.74, 6) is -1.44. The summed E-state index contributed by atoms with van der Waals surface area (Å²) in [7, 11) is 0. The summed E-state index contributed by atoms with van der Waals surface area (Å²) in [6.07, 6.45) is 4.48. The van der Waals surface area contributed by atoms with Gasteiger partial charge in [-0.25, -0.2) is 9.69 Å². The van der Waals surface area contributed by atoms with Gasteiger partial charge in [0.05, 0.1) is 23.7 Å². The first-order chi connectivity index (χ1) is 11.5. The van der Waals surface area contributed by atoms with Crippen molar-refractivity contribution in [3.63, 3.8) is 0 Å². The van der Waals surface area contributed by atoms with E-state index in [1.807, 2.05) is 0 Å². The standard InChI is InChI=1S/C18H22N2O4/c1-2-13-5-3-4-10-19(13)15-11-16(21)20(17(15)22)14-8-6-12(7-9-14)18(23)24/h6-9,13,15H,2-5,10-11H2,1H3,(H,23,24). The average molecular weight is 330 g/mol. The molecule has 0 aliphatic carbocycles. The molecular formula is C18H22N2O4. The summed E-state index contributed by atoms with van der Waals surface area (Å²) in [6, 6.07) is 5.85. The number of likely N-dealkylation sites (tertiary alicyclic amines) is 1. The van der Waals surface area contributed by atoms with Gasteiger partial charge in [0.1, 0.15) is 0 Å². The van der Waals surface area contributed by atoms with Crippen LogP contribution in [0.3, 0.4) is 0 Å². The van der Waals surface area contributed by atoms with Gasteiger partial charge in [-0.05, 0) is 50.1 Å². The molecule has 6 heteroatoms. The van der Waals surface area contributed by atoms with Crippen LogP contribution in [0.4, 0.5) is 5.69 Å². The van der Waals surface area contributed by atoms with E-state index in [1.54, 1.807) is 0 Å². The fourth-order valence-electron chi connectivity index (χ4n) is 3.77. The molecular weight excluding hydrogens is 308 g/mol.